The second-order valence-corrected chi connectivity index (χ2v) is 23.2. The van der Waals surface area contributed by atoms with Gasteiger partial charge in [-0.3, -0.25) is 4.57 Å². The van der Waals surface area contributed by atoms with Crippen LogP contribution in [0.2, 0.25) is 0 Å². The number of rotatable bonds is 7. The molecule has 3 heterocycles. The van der Waals surface area contributed by atoms with Gasteiger partial charge in [-0.15, -0.1) is 0 Å². The largest absolute Gasteiger partial charge is 0.457 e. The van der Waals surface area contributed by atoms with E-state index in [-0.39, 0.29) is 27.5 Å². The van der Waals surface area contributed by atoms with E-state index in [1.165, 1.54) is 22.3 Å². The number of benzene rings is 7. The van der Waals surface area contributed by atoms with Crippen molar-refractivity contribution in [2.75, 3.05) is 16.5 Å². The van der Waals surface area contributed by atoms with Gasteiger partial charge < -0.3 is 14.5 Å². The summed E-state index contributed by atoms with van der Waals surface area (Å²) in [7, 11) is 0. The number of para-hydroxylation sites is 4. The highest BCUT2D eigenvalue weighted by Gasteiger charge is 2.34. The molecule has 1 aliphatic heterocycles. The number of halogens is 1. The summed E-state index contributed by atoms with van der Waals surface area (Å²) < 4.78 is 23.8. The fraction of sp³-hybridized carbons (Fsp3) is 0.266. The third-order valence-corrected chi connectivity index (χ3v) is 13.9. The summed E-state index contributed by atoms with van der Waals surface area (Å²) in [6, 6.07) is 55.2. The number of aromatic nitrogens is 2. The van der Waals surface area contributed by atoms with Gasteiger partial charge >= 0.3 is 0 Å². The van der Waals surface area contributed by atoms with Gasteiger partial charge in [-0.25, -0.2) is 9.37 Å². The van der Waals surface area contributed by atoms with E-state index in [9.17, 15) is 4.39 Å². The molecule has 70 heavy (non-hydrogen) atoms. The lowest BCUT2D eigenvalue weighted by Gasteiger charge is -2.32. The van der Waals surface area contributed by atoms with Crippen LogP contribution in [0.3, 0.4) is 0 Å². The van der Waals surface area contributed by atoms with Gasteiger partial charge in [0.2, 0.25) is 0 Å². The van der Waals surface area contributed by atoms with Crippen molar-refractivity contribution in [3.8, 4) is 39.6 Å². The van der Waals surface area contributed by atoms with Crippen LogP contribution in [-0.4, -0.2) is 16.2 Å². The van der Waals surface area contributed by atoms with E-state index in [1.807, 2.05) is 18.3 Å². The zero-order valence-corrected chi connectivity index (χ0v) is 42.9. The Balaban J connectivity index is 1.16. The Labute approximate surface area is 414 Å². The molecule has 0 amide bonds. The predicted molar refractivity (Wildman–Crippen MR) is 293 cm³/mol. The second-order valence-electron chi connectivity index (χ2n) is 23.2. The van der Waals surface area contributed by atoms with Gasteiger partial charge in [-0.05, 0) is 127 Å². The molecule has 0 bridgehead atoms. The zero-order valence-electron chi connectivity index (χ0n) is 42.9. The van der Waals surface area contributed by atoms with E-state index >= 15 is 0 Å². The highest BCUT2D eigenvalue weighted by atomic mass is 19.1. The molecule has 6 heteroatoms. The Morgan fingerprint density at radius 2 is 1.10 bits per heavy atom. The summed E-state index contributed by atoms with van der Waals surface area (Å²) in [6.45, 7) is 27.8. The quantitative estimate of drug-likeness (QED) is 0.159. The van der Waals surface area contributed by atoms with Crippen molar-refractivity contribution in [3.63, 3.8) is 0 Å². The molecule has 0 saturated heterocycles. The first-order valence-electron chi connectivity index (χ1n) is 24.6. The van der Waals surface area contributed by atoms with E-state index in [0.29, 0.717) is 6.67 Å². The van der Waals surface area contributed by atoms with Gasteiger partial charge in [-0.2, -0.15) is 0 Å². The Hall–Kier alpha value is -7.18. The molecule has 0 aliphatic carbocycles. The summed E-state index contributed by atoms with van der Waals surface area (Å²) in [5.41, 5.74) is 15.3. The number of hydrogen-bond acceptors (Lipinski definition) is 4. The minimum atomic E-state index is -0.249. The highest BCUT2D eigenvalue weighted by Crippen LogP contribution is 2.51. The molecule has 0 radical (unpaired) electrons. The lowest BCUT2D eigenvalue weighted by Crippen LogP contribution is -2.27. The van der Waals surface area contributed by atoms with E-state index in [1.54, 1.807) is 12.1 Å². The van der Waals surface area contributed by atoms with Gasteiger partial charge in [0, 0.05) is 40.4 Å². The first kappa shape index (κ1) is 46.5. The first-order chi connectivity index (χ1) is 33.1. The first-order valence-corrected chi connectivity index (χ1v) is 24.6. The maximum atomic E-state index is 14.4. The highest BCUT2D eigenvalue weighted by molar-refractivity contribution is 6.09. The number of anilines is 4. The van der Waals surface area contributed by atoms with Crippen molar-refractivity contribution < 1.29 is 9.13 Å². The van der Waals surface area contributed by atoms with Crippen LogP contribution < -0.4 is 14.5 Å². The van der Waals surface area contributed by atoms with Gasteiger partial charge in [0.1, 0.15) is 29.8 Å². The Morgan fingerprint density at radius 3 is 1.77 bits per heavy atom. The van der Waals surface area contributed by atoms with Crippen LogP contribution in [0.15, 0.2) is 164 Å². The molecule has 1 aliphatic rings. The minimum absolute atomic E-state index is 0.0404. The molecule has 0 spiro atoms. The lowest BCUT2D eigenvalue weighted by atomic mass is 9.79. The van der Waals surface area contributed by atoms with Crippen molar-refractivity contribution in [1.29, 1.82) is 0 Å². The standard InChI is InChI=1S/C64H65FN4O/c1-61(2,3)44-30-31-66-59(37-44)69-55-21-14-13-18-52(55)53-29-28-49(39-58(53)69)70-50-35-43(42-32-45(62(4,5)6)36-46(33-42)63(7,8)9)34-48(38-50)67-40-68(57-23-16-15-22-56(57)67)60-51(41-24-26-47(65)27-25-41)19-17-20-54(60)64(10,11)12/h13-39H,40H2,1-12H3. The molecule has 0 unspecified atom stereocenters. The van der Waals surface area contributed by atoms with E-state index in [4.69, 9.17) is 9.72 Å². The molecular weight excluding hydrogens is 860 g/mol. The van der Waals surface area contributed by atoms with Crippen LogP contribution in [0.1, 0.15) is 105 Å². The molecule has 0 N–H and O–H groups in total. The minimum Gasteiger partial charge on any atom is -0.457 e. The van der Waals surface area contributed by atoms with E-state index < -0.39 is 0 Å². The van der Waals surface area contributed by atoms with Crippen molar-refractivity contribution in [1.82, 2.24) is 9.55 Å². The number of ether oxygens (including phenoxy) is 1. The SMILES string of the molecule is CC(C)(C)c1cc(-c2cc(Oc3ccc4c5ccccc5n(-c5cc(C(C)(C)C)ccn5)c4c3)cc(N3CN(c4c(-c5ccc(F)cc5)cccc4C(C)(C)C)c4ccccc43)c2)cc(C(C)(C)C)c1. The molecule has 7 aromatic carbocycles. The summed E-state index contributed by atoms with van der Waals surface area (Å²) in [5, 5.41) is 2.30. The lowest BCUT2D eigenvalue weighted by molar-refractivity contribution is 0.483. The molecule has 0 fully saturated rings. The summed E-state index contributed by atoms with van der Waals surface area (Å²) in [5.74, 6) is 2.10. The molecule has 2 aromatic heterocycles. The smallest absolute Gasteiger partial charge is 0.137 e. The van der Waals surface area contributed by atoms with Crippen LogP contribution in [0.25, 0.3) is 49.9 Å². The maximum Gasteiger partial charge on any atom is 0.137 e. The van der Waals surface area contributed by atoms with Crippen LogP contribution in [0.4, 0.5) is 27.1 Å². The fourth-order valence-corrected chi connectivity index (χ4v) is 9.96. The summed E-state index contributed by atoms with van der Waals surface area (Å²) in [4.78, 5) is 9.80. The normalized spacial score (nSPS) is 13.4. The van der Waals surface area contributed by atoms with Crippen molar-refractivity contribution >= 4 is 44.6 Å². The molecule has 0 atom stereocenters. The number of fused-ring (bicyclic) bond motifs is 4. The number of pyridine rings is 1. The van der Waals surface area contributed by atoms with E-state index in [2.05, 4.69) is 231 Å². The fourth-order valence-electron chi connectivity index (χ4n) is 9.96. The summed E-state index contributed by atoms with van der Waals surface area (Å²) >= 11 is 0. The number of nitrogens with zero attached hydrogens (tertiary/aromatic N) is 4. The Morgan fingerprint density at radius 1 is 0.471 bits per heavy atom. The summed E-state index contributed by atoms with van der Waals surface area (Å²) in [6.07, 6.45) is 1.92. The van der Waals surface area contributed by atoms with Gasteiger partial charge in [0.15, 0.2) is 0 Å². The van der Waals surface area contributed by atoms with Crippen LogP contribution in [0, 0.1) is 5.82 Å². The molecular formula is C64H65FN4O. The Bertz CT molecular complexity index is 3410. The second kappa shape index (κ2) is 17.0. The molecule has 354 valence electrons. The van der Waals surface area contributed by atoms with Crippen molar-refractivity contribution in [3.05, 3.63) is 192 Å². The van der Waals surface area contributed by atoms with Gasteiger partial charge in [0.25, 0.3) is 0 Å². The van der Waals surface area contributed by atoms with Crippen LogP contribution >= 0.6 is 0 Å². The van der Waals surface area contributed by atoms with Gasteiger partial charge in [-0.1, -0.05) is 162 Å². The predicted octanol–water partition coefficient (Wildman–Crippen LogP) is 17.9. The monoisotopic (exact) mass is 925 g/mol. The third-order valence-electron chi connectivity index (χ3n) is 13.9. The molecule has 9 aromatic rings. The van der Waals surface area contributed by atoms with Crippen molar-refractivity contribution in [2.24, 2.45) is 0 Å². The number of hydrogen-bond donors (Lipinski definition) is 0. The van der Waals surface area contributed by atoms with Crippen LogP contribution in [-0.2, 0) is 21.7 Å². The average Bonchev–Trinajstić information content (AvgIpc) is 3.86. The topological polar surface area (TPSA) is 33.5 Å². The van der Waals surface area contributed by atoms with Gasteiger partial charge in [0.05, 0.1) is 28.1 Å². The van der Waals surface area contributed by atoms with E-state index in [0.717, 1.165) is 84.1 Å². The maximum absolute atomic E-state index is 14.4. The van der Waals surface area contributed by atoms with Crippen molar-refractivity contribution in [2.45, 2.75) is 105 Å². The molecule has 5 nitrogen and oxygen atoms in total. The zero-order chi connectivity index (χ0) is 49.5. The average molecular weight is 925 g/mol. The third kappa shape index (κ3) is 8.74. The molecule has 10 rings (SSSR count). The molecule has 0 saturated carbocycles. The Kier molecular flexibility index (Phi) is 11.3. The van der Waals surface area contributed by atoms with Crippen LogP contribution in [0.5, 0.6) is 11.5 Å².